The van der Waals surface area contributed by atoms with Crippen LogP contribution in [0.5, 0.6) is 0 Å². The number of rotatable bonds is 4. The molecule has 5 nitrogen and oxygen atoms in total. The summed E-state index contributed by atoms with van der Waals surface area (Å²) in [5.41, 5.74) is 1.94. The van der Waals surface area contributed by atoms with Gasteiger partial charge in [0, 0.05) is 46.1 Å². The van der Waals surface area contributed by atoms with Crippen molar-refractivity contribution in [3.8, 4) is 11.4 Å². The van der Waals surface area contributed by atoms with Gasteiger partial charge in [0.15, 0.2) is 0 Å². The van der Waals surface area contributed by atoms with Gasteiger partial charge in [0.1, 0.15) is 5.82 Å². The van der Waals surface area contributed by atoms with E-state index in [0.717, 1.165) is 21.4 Å². The van der Waals surface area contributed by atoms with E-state index in [9.17, 15) is 10.1 Å². The minimum atomic E-state index is -0.407. The lowest BCUT2D eigenvalue weighted by molar-refractivity contribution is -0.384. The molecule has 0 aliphatic rings. The maximum Gasteiger partial charge on any atom is 0.269 e. The van der Waals surface area contributed by atoms with Crippen molar-refractivity contribution in [2.24, 2.45) is 0 Å². The molecule has 3 rings (SSSR count). The van der Waals surface area contributed by atoms with E-state index in [1.165, 1.54) is 12.1 Å². The van der Waals surface area contributed by atoms with Gasteiger partial charge in [-0.25, -0.2) is 4.98 Å². The zero-order valence-corrected chi connectivity index (χ0v) is 14.2. The molecule has 7 heteroatoms. The lowest BCUT2D eigenvalue weighted by Gasteiger charge is -2.09. The maximum atomic E-state index is 10.7. The van der Waals surface area contributed by atoms with Gasteiger partial charge < -0.3 is 4.57 Å². The van der Waals surface area contributed by atoms with Crippen LogP contribution in [0.2, 0.25) is 5.02 Å². The van der Waals surface area contributed by atoms with Crippen molar-refractivity contribution < 1.29 is 4.92 Å². The third-order valence-electron chi connectivity index (χ3n) is 3.34. The van der Waals surface area contributed by atoms with Crippen LogP contribution in [0.1, 0.15) is 5.56 Å². The van der Waals surface area contributed by atoms with Gasteiger partial charge in [-0.2, -0.15) is 0 Å². The van der Waals surface area contributed by atoms with E-state index < -0.39 is 4.92 Å². The van der Waals surface area contributed by atoms with Crippen molar-refractivity contribution in [2.75, 3.05) is 0 Å². The lowest BCUT2D eigenvalue weighted by atomic mass is 10.2. The Kier molecular flexibility index (Phi) is 4.45. The minimum Gasteiger partial charge on any atom is -0.327 e. The number of hydrogen-bond acceptors (Lipinski definition) is 3. The van der Waals surface area contributed by atoms with Crippen LogP contribution in [0.25, 0.3) is 11.4 Å². The summed E-state index contributed by atoms with van der Waals surface area (Å²) >= 11 is 9.52. The fourth-order valence-corrected chi connectivity index (χ4v) is 3.16. The molecular weight excluding hydrogens is 382 g/mol. The Morgan fingerprint density at radius 1 is 1.22 bits per heavy atom. The quantitative estimate of drug-likeness (QED) is 0.467. The average Bonchev–Trinajstić information content (AvgIpc) is 2.95. The number of nitro groups is 1. The van der Waals surface area contributed by atoms with Gasteiger partial charge in [-0.15, -0.1) is 0 Å². The second-order valence-corrected chi connectivity index (χ2v) is 6.31. The standard InChI is InChI=1S/C16H11BrClN3O2/c17-13-7-12(8-14(18)9-13)16-19-5-6-20(16)10-11-1-3-15(4-2-11)21(22)23/h1-9H,10H2. The Labute approximate surface area is 145 Å². The number of halogens is 2. The van der Waals surface area contributed by atoms with Crippen molar-refractivity contribution in [3.05, 3.63) is 80.0 Å². The highest BCUT2D eigenvalue weighted by molar-refractivity contribution is 9.10. The predicted octanol–water partition coefficient (Wildman–Crippen LogP) is 4.92. The molecule has 0 saturated heterocycles. The van der Waals surface area contributed by atoms with Crippen molar-refractivity contribution in [1.82, 2.24) is 9.55 Å². The lowest BCUT2D eigenvalue weighted by Crippen LogP contribution is -2.01. The van der Waals surface area contributed by atoms with Crippen molar-refractivity contribution in [2.45, 2.75) is 6.54 Å². The first-order chi connectivity index (χ1) is 11.0. The first-order valence-electron chi connectivity index (χ1n) is 6.74. The summed E-state index contributed by atoms with van der Waals surface area (Å²) in [7, 11) is 0. The molecule has 0 radical (unpaired) electrons. The first-order valence-corrected chi connectivity index (χ1v) is 7.91. The van der Waals surface area contributed by atoms with Gasteiger partial charge in [0.2, 0.25) is 0 Å². The Balaban J connectivity index is 1.90. The smallest absolute Gasteiger partial charge is 0.269 e. The normalized spacial score (nSPS) is 10.7. The summed E-state index contributed by atoms with van der Waals surface area (Å²) in [4.78, 5) is 14.7. The highest BCUT2D eigenvalue weighted by Gasteiger charge is 2.10. The maximum absolute atomic E-state index is 10.7. The predicted molar refractivity (Wildman–Crippen MR) is 92.6 cm³/mol. The van der Waals surface area contributed by atoms with Gasteiger partial charge in [0.25, 0.3) is 5.69 Å². The molecule has 0 aliphatic heterocycles. The van der Waals surface area contributed by atoms with E-state index in [1.807, 2.05) is 29.0 Å². The van der Waals surface area contributed by atoms with Gasteiger partial charge in [-0.05, 0) is 23.8 Å². The molecule has 3 aromatic rings. The second kappa shape index (κ2) is 6.52. The molecule has 0 unspecified atom stereocenters. The Bertz CT molecular complexity index is 842. The van der Waals surface area contributed by atoms with Crippen LogP contribution in [-0.2, 0) is 6.54 Å². The molecule has 0 aliphatic carbocycles. The van der Waals surface area contributed by atoms with E-state index in [-0.39, 0.29) is 5.69 Å². The molecule has 23 heavy (non-hydrogen) atoms. The van der Waals surface area contributed by atoms with Gasteiger partial charge in [0.05, 0.1) is 4.92 Å². The van der Waals surface area contributed by atoms with Crippen LogP contribution in [0.4, 0.5) is 5.69 Å². The number of imidazole rings is 1. The number of nitrogens with zero attached hydrogens (tertiary/aromatic N) is 3. The van der Waals surface area contributed by atoms with E-state index in [2.05, 4.69) is 20.9 Å². The van der Waals surface area contributed by atoms with E-state index in [1.54, 1.807) is 18.3 Å². The van der Waals surface area contributed by atoms with Crippen LogP contribution < -0.4 is 0 Å². The molecule has 1 aromatic heterocycles. The molecule has 0 fully saturated rings. The third kappa shape index (κ3) is 3.60. The Hall–Kier alpha value is -2.18. The van der Waals surface area contributed by atoms with Crippen LogP contribution in [0.15, 0.2) is 59.3 Å². The van der Waals surface area contributed by atoms with E-state index in [0.29, 0.717) is 11.6 Å². The SMILES string of the molecule is O=[N+]([O-])c1ccc(Cn2ccnc2-c2cc(Cl)cc(Br)c2)cc1. The number of aromatic nitrogens is 2. The van der Waals surface area contributed by atoms with Crippen molar-refractivity contribution >= 4 is 33.2 Å². The summed E-state index contributed by atoms with van der Waals surface area (Å²) in [5, 5.41) is 11.3. The van der Waals surface area contributed by atoms with E-state index >= 15 is 0 Å². The largest absolute Gasteiger partial charge is 0.327 e. The summed E-state index contributed by atoms with van der Waals surface area (Å²) in [6.07, 6.45) is 3.58. The summed E-state index contributed by atoms with van der Waals surface area (Å²) in [6.45, 7) is 0.567. The van der Waals surface area contributed by atoms with E-state index in [4.69, 9.17) is 11.6 Å². The fourth-order valence-electron chi connectivity index (χ4n) is 2.30. The first kappa shape index (κ1) is 15.7. The van der Waals surface area contributed by atoms with Gasteiger partial charge >= 0.3 is 0 Å². The average molecular weight is 393 g/mol. The van der Waals surface area contributed by atoms with Crippen molar-refractivity contribution in [1.29, 1.82) is 0 Å². The molecule has 0 atom stereocenters. The highest BCUT2D eigenvalue weighted by Crippen LogP contribution is 2.27. The number of benzene rings is 2. The van der Waals surface area contributed by atoms with Gasteiger partial charge in [-0.1, -0.05) is 39.7 Å². The van der Waals surface area contributed by atoms with Crippen LogP contribution >= 0.6 is 27.5 Å². The molecule has 0 bridgehead atoms. The highest BCUT2D eigenvalue weighted by atomic mass is 79.9. The van der Waals surface area contributed by atoms with Crippen LogP contribution in [0, 0.1) is 10.1 Å². The molecule has 2 aromatic carbocycles. The third-order valence-corrected chi connectivity index (χ3v) is 4.01. The molecule has 1 heterocycles. The molecule has 0 spiro atoms. The Morgan fingerprint density at radius 2 is 1.96 bits per heavy atom. The number of nitro benzene ring substituents is 1. The molecule has 116 valence electrons. The second-order valence-electron chi connectivity index (χ2n) is 4.96. The Morgan fingerprint density at radius 3 is 2.61 bits per heavy atom. The number of hydrogen-bond donors (Lipinski definition) is 0. The van der Waals surface area contributed by atoms with Crippen LogP contribution in [-0.4, -0.2) is 14.5 Å². The van der Waals surface area contributed by atoms with Gasteiger partial charge in [-0.3, -0.25) is 10.1 Å². The topological polar surface area (TPSA) is 61.0 Å². The minimum absolute atomic E-state index is 0.0818. The zero-order valence-electron chi connectivity index (χ0n) is 11.8. The summed E-state index contributed by atoms with van der Waals surface area (Å²) in [6, 6.07) is 12.1. The zero-order chi connectivity index (χ0) is 16.4. The monoisotopic (exact) mass is 391 g/mol. The molecule has 0 amide bonds. The fraction of sp³-hybridized carbons (Fsp3) is 0.0625. The van der Waals surface area contributed by atoms with Crippen LogP contribution in [0.3, 0.4) is 0 Å². The molecule has 0 saturated carbocycles. The summed E-state index contributed by atoms with van der Waals surface area (Å²) in [5.74, 6) is 0.784. The summed E-state index contributed by atoms with van der Waals surface area (Å²) < 4.78 is 2.85. The molecule has 0 N–H and O–H groups in total. The molecular formula is C16H11BrClN3O2. The number of non-ortho nitro benzene ring substituents is 1. The van der Waals surface area contributed by atoms with Crippen molar-refractivity contribution in [3.63, 3.8) is 0 Å².